The molecule has 0 amide bonds. The van der Waals surface area contributed by atoms with Crippen LogP contribution in [0.2, 0.25) is 0 Å². The van der Waals surface area contributed by atoms with Gasteiger partial charge in [0.25, 0.3) is 0 Å². The predicted octanol–water partition coefficient (Wildman–Crippen LogP) is 1.70. The minimum absolute atomic E-state index is 0.0381. The van der Waals surface area contributed by atoms with Crippen LogP contribution >= 0.6 is 0 Å². The van der Waals surface area contributed by atoms with Gasteiger partial charge in [0.1, 0.15) is 0 Å². The van der Waals surface area contributed by atoms with Gasteiger partial charge >= 0.3 is 0 Å². The number of hydrogen-bond acceptors (Lipinski definition) is 4. The van der Waals surface area contributed by atoms with Crippen molar-refractivity contribution in [3.8, 4) is 6.07 Å². The molecule has 1 aliphatic rings. The molecule has 0 aromatic heterocycles. The maximum atomic E-state index is 10.7. The van der Waals surface area contributed by atoms with E-state index in [2.05, 4.69) is 6.07 Å². The van der Waals surface area contributed by atoms with Gasteiger partial charge in [-0.1, -0.05) is 12.1 Å². The Morgan fingerprint density at radius 1 is 1.26 bits per heavy atom. The molecule has 1 aromatic rings. The van der Waals surface area contributed by atoms with Gasteiger partial charge in [0.15, 0.2) is 0 Å². The Balaban J connectivity index is 1.99. The third-order valence-electron chi connectivity index (χ3n) is 3.76. The van der Waals surface area contributed by atoms with Gasteiger partial charge in [-0.15, -0.1) is 0 Å². The number of nitrogens with zero attached hydrogens (tertiary/aromatic N) is 1. The van der Waals surface area contributed by atoms with Gasteiger partial charge in [-0.3, -0.25) is 0 Å². The van der Waals surface area contributed by atoms with Crippen LogP contribution in [0.3, 0.4) is 0 Å². The number of aliphatic hydroxyl groups is 2. The standard InChI is InChI=1S/C15H19NO3/c16-11-12-1-3-13(4-2-12)15(18)7-5-14(6-8-15)19-10-9-17/h1-4,14,17-18H,5-10H2. The Bertz CT molecular complexity index is 441. The third kappa shape index (κ3) is 3.32. The quantitative estimate of drug-likeness (QED) is 0.865. The first-order valence-corrected chi connectivity index (χ1v) is 6.63. The number of aliphatic hydroxyl groups excluding tert-OH is 1. The van der Waals surface area contributed by atoms with Crippen molar-refractivity contribution in [2.75, 3.05) is 13.2 Å². The van der Waals surface area contributed by atoms with Gasteiger partial charge in [-0.2, -0.15) is 5.26 Å². The van der Waals surface area contributed by atoms with Crippen LogP contribution in [0.1, 0.15) is 36.8 Å². The Hall–Kier alpha value is -1.41. The second kappa shape index (κ2) is 6.16. The molecule has 1 saturated carbocycles. The number of benzene rings is 1. The summed E-state index contributed by atoms with van der Waals surface area (Å²) in [5.74, 6) is 0. The lowest BCUT2D eigenvalue weighted by molar-refractivity contribution is -0.0643. The fraction of sp³-hybridized carbons (Fsp3) is 0.533. The Labute approximate surface area is 113 Å². The molecule has 1 fully saturated rings. The highest BCUT2D eigenvalue weighted by Gasteiger charge is 2.34. The van der Waals surface area contributed by atoms with Gasteiger partial charge in [0.05, 0.1) is 36.6 Å². The van der Waals surface area contributed by atoms with E-state index in [1.807, 2.05) is 12.1 Å². The van der Waals surface area contributed by atoms with E-state index in [-0.39, 0.29) is 12.7 Å². The van der Waals surface area contributed by atoms with Crippen molar-refractivity contribution >= 4 is 0 Å². The first-order chi connectivity index (χ1) is 9.18. The first kappa shape index (κ1) is 14.0. The van der Waals surface area contributed by atoms with E-state index < -0.39 is 5.60 Å². The van der Waals surface area contributed by atoms with Crippen molar-refractivity contribution in [1.82, 2.24) is 0 Å². The normalized spacial score (nSPS) is 26.9. The van der Waals surface area contributed by atoms with Crippen molar-refractivity contribution in [3.05, 3.63) is 35.4 Å². The van der Waals surface area contributed by atoms with Crippen LogP contribution in [0.5, 0.6) is 0 Å². The van der Waals surface area contributed by atoms with E-state index in [0.29, 0.717) is 25.0 Å². The van der Waals surface area contributed by atoms with Crippen molar-refractivity contribution in [3.63, 3.8) is 0 Å². The zero-order chi connectivity index (χ0) is 13.7. The van der Waals surface area contributed by atoms with Gasteiger partial charge < -0.3 is 14.9 Å². The van der Waals surface area contributed by atoms with Gasteiger partial charge in [-0.05, 0) is 43.4 Å². The summed E-state index contributed by atoms with van der Waals surface area (Å²) >= 11 is 0. The van der Waals surface area contributed by atoms with Crippen LogP contribution in [0.15, 0.2) is 24.3 Å². The summed E-state index contributed by atoms with van der Waals surface area (Å²) < 4.78 is 5.49. The Morgan fingerprint density at radius 3 is 2.42 bits per heavy atom. The highest BCUT2D eigenvalue weighted by Crippen LogP contribution is 2.37. The first-order valence-electron chi connectivity index (χ1n) is 6.63. The monoisotopic (exact) mass is 261 g/mol. The Kier molecular flexibility index (Phi) is 4.54. The van der Waals surface area contributed by atoms with Crippen molar-refractivity contribution < 1.29 is 14.9 Å². The highest BCUT2D eigenvalue weighted by molar-refractivity contribution is 5.34. The lowest BCUT2D eigenvalue weighted by atomic mass is 9.78. The SMILES string of the molecule is N#Cc1ccc(C2(O)CCC(OCCO)CC2)cc1. The van der Waals surface area contributed by atoms with Crippen molar-refractivity contribution in [1.29, 1.82) is 5.26 Å². The van der Waals surface area contributed by atoms with Crippen LogP contribution < -0.4 is 0 Å². The average Bonchev–Trinajstić information content (AvgIpc) is 2.47. The molecule has 0 bridgehead atoms. The highest BCUT2D eigenvalue weighted by atomic mass is 16.5. The van der Waals surface area contributed by atoms with E-state index in [9.17, 15) is 5.11 Å². The lowest BCUT2D eigenvalue weighted by Crippen LogP contribution is -2.34. The number of nitriles is 1. The molecule has 0 saturated heterocycles. The summed E-state index contributed by atoms with van der Waals surface area (Å²) in [5.41, 5.74) is 0.659. The molecule has 2 N–H and O–H groups in total. The van der Waals surface area contributed by atoms with E-state index in [4.69, 9.17) is 15.1 Å². The number of hydrogen-bond donors (Lipinski definition) is 2. The molecule has 1 aliphatic carbocycles. The topological polar surface area (TPSA) is 73.5 Å². The molecule has 0 aliphatic heterocycles. The van der Waals surface area contributed by atoms with Crippen LogP contribution in [-0.2, 0) is 10.3 Å². The zero-order valence-corrected chi connectivity index (χ0v) is 10.9. The van der Waals surface area contributed by atoms with Crippen molar-refractivity contribution in [2.24, 2.45) is 0 Å². The average molecular weight is 261 g/mol. The molecule has 0 heterocycles. The minimum Gasteiger partial charge on any atom is -0.394 e. The maximum absolute atomic E-state index is 10.7. The second-order valence-electron chi connectivity index (χ2n) is 5.01. The molecule has 0 radical (unpaired) electrons. The predicted molar refractivity (Wildman–Crippen MR) is 70.3 cm³/mol. The van der Waals surface area contributed by atoms with Gasteiger partial charge in [-0.25, -0.2) is 0 Å². The van der Waals surface area contributed by atoms with Crippen LogP contribution in [0.25, 0.3) is 0 Å². The second-order valence-corrected chi connectivity index (χ2v) is 5.01. The minimum atomic E-state index is -0.812. The molecule has 2 rings (SSSR count). The summed E-state index contributed by atoms with van der Waals surface area (Å²) in [6.45, 7) is 0.399. The number of rotatable bonds is 4. The third-order valence-corrected chi connectivity index (χ3v) is 3.76. The molecule has 19 heavy (non-hydrogen) atoms. The summed E-state index contributed by atoms with van der Waals surface area (Å²) in [6, 6.07) is 9.20. The summed E-state index contributed by atoms with van der Waals surface area (Å²) in [4.78, 5) is 0. The van der Waals surface area contributed by atoms with E-state index in [0.717, 1.165) is 18.4 Å². The fourth-order valence-corrected chi connectivity index (χ4v) is 2.60. The molecule has 4 nitrogen and oxygen atoms in total. The van der Waals surface area contributed by atoms with Gasteiger partial charge in [0.2, 0.25) is 0 Å². The van der Waals surface area contributed by atoms with E-state index in [1.54, 1.807) is 12.1 Å². The molecular formula is C15H19NO3. The van der Waals surface area contributed by atoms with Gasteiger partial charge in [0, 0.05) is 0 Å². The molecule has 4 heteroatoms. The smallest absolute Gasteiger partial charge is 0.0991 e. The molecular weight excluding hydrogens is 242 g/mol. The summed E-state index contributed by atoms with van der Waals surface area (Å²) in [6.07, 6.45) is 3.00. The zero-order valence-electron chi connectivity index (χ0n) is 10.9. The molecule has 102 valence electrons. The van der Waals surface area contributed by atoms with Crippen LogP contribution in [0, 0.1) is 11.3 Å². The lowest BCUT2D eigenvalue weighted by Gasteiger charge is -2.36. The fourth-order valence-electron chi connectivity index (χ4n) is 2.60. The molecule has 1 aromatic carbocycles. The summed E-state index contributed by atoms with van der Waals surface area (Å²) in [7, 11) is 0. The number of ether oxygens (including phenoxy) is 1. The maximum Gasteiger partial charge on any atom is 0.0991 e. The molecule has 0 unspecified atom stereocenters. The Morgan fingerprint density at radius 2 is 1.89 bits per heavy atom. The van der Waals surface area contributed by atoms with Crippen LogP contribution in [0.4, 0.5) is 0 Å². The van der Waals surface area contributed by atoms with E-state index in [1.165, 1.54) is 0 Å². The van der Waals surface area contributed by atoms with E-state index >= 15 is 0 Å². The largest absolute Gasteiger partial charge is 0.394 e. The van der Waals surface area contributed by atoms with Crippen LogP contribution in [-0.4, -0.2) is 29.5 Å². The van der Waals surface area contributed by atoms with Crippen molar-refractivity contribution in [2.45, 2.75) is 37.4 Å². The molecule has 0 spiro atoms. The summed E-state index contributed by atoms with van der Waals surface area (Å²) in [5, 5.41) is 28.2. The molecule has 0 atom stereocenters.